The molecule has 0 unspecified atom stereocenters. The molecule has 0 spiro atoms. The summed E-state index contributed by atoms with van der Waals surface area (Å²) in [6.45, 7) is 2.51. The van der Waals surface area contributed by atoms with Crippen LogP contribution in [0.5, 0.6) is 0 Å². The molecule has 7 nitrogen and oxygen atoms in total. The maximum absolute atomic E-state index is 14.4. The van der Waals surface area contributed by atoms with Crippen LogP contribution in [-0.2, 0) is 4.79 Å². The molecule has 0 aliphatic carbocycles. The van der Waals surface area contributed by atoms with Gasteiger partial charge < -0.3 is 9.80 Å². The fourth-order valence-electron chi connectivity index (χ4n) is 3.82. The Balaban J connectivity index is 1.62. The molecule has 0 bridgehead atoms. The molecule has 190 valence electrons. The summed E-state index contributed by atoms with van der Waals surface area (Å²) in [4.78, 5) is 34.5. The lowest BCUT2D eigenvalue weighted by atomic mass is 10.2. The first-order chi connectivity index (χ1) is 17.8. The molecule has 0 fully saturated rings. The lowest BCUT2D eigenvalue weighted by Crippen LogP contribution is -2.41. The van der Waals surface area contributed by atoms with E-state index >= 15 is 0 Å². The summed E-state index contributed by atoms with van der Waals surface area (Å²) < 4.78 is 16.0. The third-order valence-corrected chi connectivity index (χ3v) is 5.92. The van der Waals surface area contributed by atoms with Gasteiger partial charge in [-0.3, -0.25) is 19.5 Å². The predicted octanol–water partition coefficient (Wildman–Crippen LogP) is 4.63. The molecule has 0 atom stereocenters. The highest BCUT2D eigenvalue weighted by molar-refractivity contribution is 5.99. The Hall–Kier alpha value is -4.30. The fraction of sp³-hybridized carbons (Fsp3) is 0.207. The third kappa shape index (κ3) is 6.48. The highest BCUT2D eigenvalue weighted by Crippen LogP contribution is 2.25. The Morgan fingerprint density at radius 1 is 0.946 bits per heavy atom. The molecule has 0 aliphatic rings. The first kappa shape index (κ1) is 25.8. The zero-order valence-corrected chi connectivity index (χ0v) is 21.2. The molecule has 1 heterocycles. The molecule has 8 heteroatoms. The van der Waals surface area contributed by atoms with Gasteiger partial charge in [0.15, 0.2) is 0 Å². The SMILES string of the molecule is Cc1ccc(-n2cc(-c3ccccc3)nc2NC(=O)CN(CCN(C)C)C(=O)c2ccccc2)cc1F. The van der Waals surface area contributed by atoms with Gasteiger partial charge in [0.05, 0.1) is 11.4 Å². The molecule has 0 saturated carbocycles. The van der Waals surface area contributed by atoms with Crippen molar-refractivity contribution in [3.05, 3.63) is 102 Å². The van der Waals surface area contributed by atoms with Crippen LogP contribution in [0.2, 0.25) is 0 Å². The Bertz CT molecular complexity index is 1370. The molecule has 4 aromatic rings. The molecule has 1 aromatic heterocycles. The number of anilines is 1. The van der Waals surface area contributed by atoms with Crippen LogP contribution in [0.4, 0.5) is 10.3 Å². The summed E-state index contributed by atoms with van der Waals surface area (Å²) in [6, 6.07) is 23.3. The van der Waals surface area contributed by atoms with Crippen molar-refractivity contribution in [3.8, 4) is 16.9 Å². The molecular weight excluding hydrogens is 469 g/mol. The van der Waals surface area contributed by atoms with E-state index in [9.17, 15) is 14.0 Å². The molecule has 0 aliphatic heterocycles. The largest absolute Gasteiger partial charge is 0.328 e. The Morgan fingerprint density at radius 3 is 2.27 bits per heavy atom. The number of imidazole rings is 1. The van der Waals surface area contributed by atoms with Gasteiger partial charge in [0.25, 0.3) is 5.91 Å². The topological polar surface area (TPSA) is 70.5 Å². The minimum absolute atomic E-state index is 0.155. The van der Waals surface area contributed by atoms with Crippen molar-refractivity contribution in [1.29, 1.82) is 0 Å². The van der Waals surface area contributed by atoms with E-state index in [-0.39, 0.29) is 24.2 Å². The first-order valence-electron chi connectivity index (χ1n) is 12.0. The van der Waals surface area contributed by atoms with Gasteiger partial charge in [0, 0.05) is 30.4 Å². The van der Waals surface area contributed by atoms with E-state index in [0.717, 1.165) is 5.56 Å². The van der Waals surface area contributed by atoms with E-state index in [1.165, 1.54) is 11.0 Å². The van der Waals surface area contributed by atoms with E-state index < -0.39 is 5.91 Å². The van der Waals surface area contributed by atoms with Crippen molar-refractivity contribution in [1.82, 2.24) is 19.4 Å². The number of nitrogens with zero attached hydrogens (tertiary/aromatic N) is 4. The lowest BCUT2D eigenvalue weighted by molar-refractivity contribution is -0.117. The highest BCUT2D eigenvalue weighted by Gasteiger charge is 2.21. The monoisotopic (exact) mass is 499 g/mol. The maximum Gasteiger partial charge on any atom is 0.254 e. The van der Waals surface area contributed by atoms with Crippen LogP contribution in [0.3, 0.4) is 0 Å². The summed E-state index contributed by atoms with van der Waals surface area (Å²) in [5.41, 5.74) is 3.04. The third-order valence-electron chi connectivity index (χ3n) is 5.92. The van der Waals surface area contributed by atoms with Crippen molar-refractivity contribution < 1.29 is 14.0 Å². The molecule has 4 rings (SSSR count). The number of carbonyl (C=O) groups excluding carboxylic acids is 2. The van der Waals surface area contributed by atoms with E-state index in [0.29, 0.717) is 35.6 Å². The summed E-state index contributed by atoms with van der Waals surface area (Å²) in [7, 11) is 3.82. The van der Waals surface area contributed by atoms with Crippen LogP contribution in [0.25, 0.3) is 16.9 Å². The number of aryl methyl sites for hydroxylation is 1. The second kappa shape index (κ2) is 11.6. The van der Waals surface area contributed by atoms with Crippen LogP contribution >= 0.6 is 0 Å². The number of halogens is 1. The van der Waals surface area contributed by atoms with Crippen molar-refractivity contribution >= 4 is 17.8 Å². The van der Waals surface area contributed by atoms with E-state index in [4.69, 9.17) is 0 Å². The van der Waals surface area contributed by atoms with Gasteiger partial charge in [-0.2, -0.15) is 0 Å². The number of hydrogen-bond donors (Lipinski definition) is 1. The second-order valence-corrected chi connectivity index (χ2v) is 9.06. The number of aromatic nitrogens is 2. The number of benzene rings is 3. The highest BCUT2D eigenvalue weighted by atomic mass is 19.1. The predicted molar refractivity (Wildman–Crippen MR) is 143 cm³/mol. The summed E-state index contributed by atoms with van der Waals surface area (Å²) in [5.74, 6) is -0.742. The standard InChI is InChI=1S/C29H30FN5O2/c1-21-14-15-24(18-25(21)30)35-19-26(22-10-6-4-7-11-22)31-29(35)32-27(36)20-34(17-16-33(2)3)28(37)23-12-8-5-9-13-23/h4-15,18-19H,16-17,20H2,1-3H3,(H,31,32,36). The van der Waals surface area contributed by atoms with Crippen LogP contribution in [0.15, 0.2) is 85.1 Å². The van der Waals surface area contributed by atoms with Gasteiger partial charge in [0.1, 0.15) is 12.4 Å². The second-order valence-electron chi connectivity index (χ2n) is 9.06. The van der Waals surface area contributed by atoms with E-state index in [1.54, 1.807) is 54.1 Å². The fourth-order valence-corrected chi connectivity index (χ4v) is 3.82. The van der Waals surface area contributed by atoms with Crippen molar-refractivity contribution in [2.75, 3.05) is 39.0 Å². The molecule has 2 amide bonds. The van der Waals surface area contributed by atoms with Crippen LogP contribution in [-0.4, -0.2) is 64.9 Å². The summed E-state index contributed by atoms with van der Waals surface area (Å²) in [5, 5.41) is 2.84. The summed E-state index contributed by atoms with van der Waals surface area (Å²) >= 11 is 0. The van der Waals surface area contributed by atoms with Crippen molar-refractivity contribution in [2.45, 2.75) is 6.92 Å². The van der Waals surface area contributed by atoms with Gasteiger partial charge in [-0.25, -0.2) is 9.37 Å². The van der Waals surface area contributed by atoms with Gasteiger partial charge in [-0.15, -0.1) is 0 Å². The van der Waals surface area contributed by atoms with Crippen molar-refractivity contribution in [3.63, 3.8) is 0 Å². The number of likely N-dealkylation sites (N-methyl/N-ethyl adjacent to an activating group) is 1. The quantitative estimate of drug-likeness (QED) is 0.365. The van der Waals surface area contributed by atoms with Crippen molar-refractivity contribution in [2.24, 2.45) is 0 Å². The number of nitrogens with one attached hydrogen (secondary N) is 1. The van der Waals surface area contributed by atoms with Gasteiger partial charge in [-0.1, -0.05) is 54.6 Å². The molecule has 3 aromatic carbocycles. The van der Waals surface area contributed by atoms with Gasteiger partial charge >= 0.3 is 0 Å². The minimum atomic E-state index is -0.401. The van der Waals surface area contributed by atoms with Gasteiger partial charge in [-0.05, 0) is 50.8 Å². The molecule has 0 saturated heterocycles. The number of amides is 2. The molecule has 0 radical (unpaired) electrons. The van der Waals surface area contributed by atoms with Crippen LogP contribution in [0.1, 0.15) is 15.9 Å². The van der Waals surface area contributed by atoms with Gasteiger partial charge in [0.2, 0.25) is 11.9 Å². The van der Waals surface area contributed by atoms with Crippen LogP contribution < -0.4 is 5.32 Å². The zero-order chi connectivity index (χ0) is 26.4. The molecule has 37 heavy (non-hydrogen) atoms. The zero-order valence-electron chi connectivity index (χ0n) is 21.2. The summed E-state index contributed by atoms with van der Waals surface area (Å²) in [6.07, 6.45) is 1.76. The Morgan fingerprint density at radius 2 is 1.62 bits per heavy atom. The number of rotatable bonds is 9. The number of carbonyl (C=O) groups is 2. The Kier molecular flexibility index (Phi) is 8.10. The Labute approximate surface area is 216 Å². The molecule has 1 N–H and O–H groups in total. The lowest BCUT2D eigenvalue weighted by Gasteiger charge is -2.24. The maximum atomic E-state index is 14.4. The first-order valence-corrected chi connectivity index (χ1v) is 12.0. The number of hydrogen-bond acceptors (Lipinski definition) is 4. The average molecular weight is 500 g/mol. The smallest absolute Gasteiger partial charge is 0.254 e. The van der Waals surface area contributed by atoms with E-state index in [1.807, 2.05) is 55.4 Å². The minimum Gasteiger partial charge on any atom is -0.328 e. The van der Waals surface area contributed by atoms with E-state index in [2.05, 4.69) is 10.3 Å². The van der Waals surface area contributed by atoms with Crippen LogP contribution in [0, 0.1) is 12.7 Å². The average Bonchev–Trinajstić information content (AvgIpc) is 3.32. The normalized spacial score (nSPS) is 10.9. The molecular formula is C29H30FN5O2.